The van der Waals surface area contributed by atoms with Crippen molar-refractivity contribution < 1.29 is 4.79 Å². The summed E-state index contributed by atoms with van der Waals surface area (Å²) in [5.74, 6) is -0.211. The number of para-hydroxylation sites is 1. The minimum atomic E-state index is -0.211. The number of hydrogen-bond acceptors (Lipinski definition) is 5. The van der Waals surface area contributed by atoms with Gasteiger partial charge in [0, 0.05) is 42.4 Å². The van der Waals surface area contributed by atoms with Gasteiger partial charge in [0.15, 0.2) is 0 Å². The van der Waals surface area contributed by atoms with Gasteiger partial charge >= 0.3 is 0 Å². The average molecular weight is 515 g/mol. The molecule has 2 saturated heterocycles. The van der Waals surface area contributed by atoms with Crippen LogP contribution in [-0.2, 0) is 0 Å². The van der Waals surface area contributed by atoms with Crippen LogP contribution in [0.2, 0.25) is 0 Å². The number of aromatic nitrogens is 2. The van der Waals surface area contributed by atoms with E-state index < -0.39 is 0 Å². The highest BCUT2D eigenvalue weighted by Gasteiger charge is 2.36. The second-order valence-corrected chi connectivity index (χ2v) is 10.4. The molecule has 5 aromatic rings. The molecular weight excluding hydrogens is 484 g/mol. The maximum Gasteiger partial charge on any atom is 0.274 e. The van der Waals surface area contributed by atoms with Crippen molar-refractivity contribution >= 4 is 33.9 Å². The van der Waals surface area contributed by atoms with Gasteiger partial charge in [0.1, 0.15) is 5.69 Å². The van der Waals surface area contributed by atoms with Crippen molar-refractivity contribution in [1.82, 2.24) is 14.9 Å². The molecule has 4 heterocycles. The minimum absolute atomic E-state index is 0.211. The Kier molecular flexibility index (Phi) is 5.78. The van der Waals surface area contributed by atoms with Crippen LogP contribution in [0.5, 0.6) is 0 Å². The number of benzene rings is 3. The van der Waals surface area contributed by atoms with Crippen molar-refractivity contribution in [3.63, 3.8) is 0 Å². The van der Waals surface area contributed by atoms with Crippen LogP contribution >= 0.6 is 0 Å². The van der Waals surface area contributed by atoms with Crippen molar-refractivity contribution in [1.29, 1.82) is 0 Å². The van der Waals surface area contributed by atoms with E-state index in [1.165, 1.54) is 0 Å². The first-order valence-corrected chi connectivity index (χ1v) is 13.5. The van der Waals surface area contributed by atoms with Gasteiger partial charge in [-0.2, -0.15) is 0 Å². The normalized spacial score (nSPS) is 18.4. The standard InChI is InChI=1S/C32H30N6O/c33-27-15-16-34-18-28(27)36-32(39)31-30(37-19-23-12-13-24(20-37)35-23)26-14-11-22(21-7-3-1-4-8-21)17-29(26)38(31)25-9-5-2-6-10-25/h1-11,14-18,23-24,35H,12-13,19-20H2,(H2,33,34)(H,36,39)/t23-,24+. The van der Waals surface area contributed by atoms with E-state index in [-0.39, 0.29) is 5.91 Å². The Bertz CT molecular complexity index is 1650. The largest absolute Gasteiger partial charge is 0.397 e. The van der Waals surface area contributed by atoms with Gasteiger partial charge in [-0.1, -0.05) is 60.7 Å². The second kappa shape index (κ2) is 9.60. The predicted octanol–water partition coefficient (Wildman–Crippen LogP) is 5.47. The third-order valence-corrected chi connectivity index (χ3v) is 7.91. The smallest absolute Gasteiger partial charge is 0.274 e. The summed E-state index contributed by atoms with van der Waals surface area (Å²) in [7, 11) is 0. The number of nitrogens with one attached hydrogen (secondary N) is 2. The number of carbonyl (C=O) groups is 1. The molecule has 1 amide bonds. The van der Waals surface area contributed by atoms with Crippen LogP contribution in [0, 0.1) is 0 Å². The summed E-state index contributed by atoms with van der Waals surface area (Å²) in [6.45, 7) is 1.72. The zero-order chi connectivity index (χ0) is 26.3. The Balaban J connectivity index is 1.48. The van der Waals surface area contributed by atoms with Crippen molar-refractivity contribution in [2.45, 2.75) is 24.9 Å². The van der Waals surface area contributed by atoms with Gasteiger partial charge in [-0.25, -0.2) is 0 Å². The first-order valence-electron chi connectivity index (χ1n) is 13.5. The molecule has 7 heteroatoms. The topological polar surface area (TPSA) is 88.2 Å². The summed E-state index contributed by atoms with van der Waals surface area (Å²) in [4.78, 5) is 20.9. The summed E-state index contributed by atoms with van der Waals surface area (Å²) < 4.78 is 2.10. The summed E-state index contributed by atoms with van der Waals surface area (Å²) in [5.41, 5.74) is 12.9. The zero-order valence-electron chi connectivity index (χ0n) is 21.5. The van der Waals surface area contributed by atoms with Crippen LogP contribution < -0.4 is 21.3 Å². The van der Waals surface area contributed by atoms with Crippen LogP contribution in [0.3, 0.4) is 0 Å². The molecule has 2 aliphatic heterocycles. The number of rotatable bonds is 5. The van der Waals surface area contributed by atoms with Crippen molar-refractivity contribution in [3.05, 3.63) is 103 Å². The predicted molar refractivity (Wildman–Crippen MR) is 157 cm³/mol. The van der Waals surface area contributed by atoms with Crippen molar-refractivity contribution in [2.24, 2.45) is 0 Å². The van der Waals surface area contributed by atoms with Crippen LogP contribution in [0.15, 0.2) is 97.3 Å². The quantitative estimate of drug-likeness (QED) is 0.290. The van der Waals surface area contributed by atoms with Crippen LogP contribution in [0.1, 0.15) is 23.3 Å². The maximum atomic E-state index is 14.3. The Morgan fingerprint density at radius 1 is 0.897 bits per heavy atom. The Hall–Kier alpha value is -4.62. The van der Waals surface area contributed by atoms with Gasteiger partial charge in [0.2, 0.25) is 0 Å². The lowest BCUT2D eigenvalue weighted by molar-refractivity contribution is 0.102. The molecule has 3 aromatic carbocycles. The fraction of sp³-hybridized carbons (Fsp3) is 0.188. The van der Waals surface area contributed by atoms with Crippen LogP contribution in [-0.4, -0.2) is 40.6 Å². The third-order valence-electron chi connectivity index (χ3n) is 7.91. The number of nitrogen functional groups attached to an aromatic ring is 1. The van der Waals surface area contributed by atoms with E-state index in [0.717, 1.165) is 59.3 Å². The number of carbonyl (C=O) groups excluding carboxylic acids is 1. The first kappa shape index (κ1) is 23.5. The molecule has 0 aliphatic carbocycles. The maximum absolute atomic E-state index is 14.3. The van der Waals surface area contributed by atoms with Gasteiger partial charge in [-0.3, -0.25) is 9.78 Å². The zero-order valence-corrected chi connectivity index (χ0v) is 21.5. The number of nitrogens with zero attached hydrogens (tertiary/aromatic N) is 3. The molecule has 7 nitrogen and oxygen atoms in total. The molecule has 7 rings (SSSR count). The molecule has 0 radical (unpaired) electrons. The Morgan fingerprint density at radius 2 is 1.62 bits per heavy atom. The van der Waals surface area contributed by atoms with E-state index in [4.69, 9.17) is 5.73 Å². The number of pyridine rings is 1. The molecule has 0 saturated carbocycles. The molecule has 2 bridgehead atoms. The number of hydrogen-bond donors (Lipinski definition) is 3. The van der Waals surface area contributed by atoms with Crippen molar-refractivity contribution in [3.8, 4) is 16.8 Å². The summed E-state index contributed by atoms with van der Waals surface area (Å²) in [6.07, 6.45) is 5.54. The Labute approximate surface area is 227 Å². The molecule has 0 unspecified atom stereocenters. The van der Waals surface area contributed by atoms with Gasteiger partial charge in [-0.05, 0) is 48.2 Å². The summed E-state index contributed by atoms with van der Waals surface area (Å²) >= 11 is 0. The number of anilines is 3. The number of nitrogens with two attached hydrogens (primary N) is 1. The molecule has 194 valence electrons. The van der Waals surface area contributed by atoms with E-state index in [2.05, 4.69) is 79.7 Å². The number of fused-ring (bicyclic) bond motifs is 3. The molecular formula is C32H30N6O. The highest BCUT2D eigenvalue weighted by Crippen LogP contribution is 2.41. The van der Waals surface area contributed by atoms with Gasteiger partial charge in [-0.15, -0.1) is 0 Å². The highest BCUT2D eigenvalue weighted by atomic mass is 16.2. The Morgan fingerprint density at radius 3 is 2.33 bits per heavy atom. The minimum Gasteiger partial charge on any atom is -0.397 e. The van der Waals surface area contributed by atoms with E-state index in [1.54, 1.807) is 18.5 Å². The second-order valence-electron chi connectivity index (χ2n) is 10.4. The van der Waals surface area contributed by atoms with E-state index in [1.807, 2.05) is 24.3 Å². The van der Waals surface area contributed by atoms with E-state index in [0.29, 0.717) is 29.2 Å². The lowest BCUT2D eigenvalue weighted by atomic mass is 10.0. The summed E-state index contributed by atoms with van der Waals surface area (Å²) in [5, 5.41) is 7.86. The molecule has 2 aromatic heterocycles. The van der Waals surface area contributed by atoms with Gasteiger partial charge < -0.3 is 25.8 Å². The fourth-order valence-corrected chi connectivity index (χ4v) is 6.13. The van der Waals surface area contributed by atoms with Gasteiger partial charge in [0.25, 0.3) is 5.91 Å². The van der Waals surface area contributed by atoms with Crippen molar-refractivity contribution in [2.75, 3.05) is 29.0 Å². The molecule has 0 spiro atoms. The first-order chi connectivity index (χ1) is 19.2. The summed E-state index contributed by atoms with van der Waals surface area (Å²) in [6, 6.07) is 29.5. The molecule has 4 N–H and O–H groups in total. The molecule has 2 fully saturated rings. The van der Waals surface area contributed by atoms with Crippen LogP contribution in [0.4, 0.5) is 17.1 Å². The number of piperazine rings is 1. The van der Waals surface area contributed by atoms with Crippen LogP contribution in [0.25, 0.3) is 27.7 Å². The molecule has 39 heavy (non-hydrogen) atoms. The lowest BCUT2D eigenvalue weighted by Crippen LogP contribution is -2.51. The number of amides is 1. The highest BCUT2D eigenvalue weighted by molar-refractivity contribution is 6.15. The van der Waals surface area contributed by atoms with Gasteiger partial charge in [0.05, 0.1) is 28.8 Å². The van der Waals surface area contributed by atoms with E-state index >= 15 is 0 Å². The molecule has 2 atom stereocenters. The SMILES string of the molecule is Nc1ccncc1NC(=O)c1c(N2C[C@H]3CC[C@@H](C2)N3)c2ccc(-c3ccccc3)cc2n1-c1ccccc1. The lowest BCUT2D eigenvalue weighted by Gasteiger charge is -2.35. The third kappa shape index (κ3) is 4.21. The molecule has 2 aliphatic rings. The fourth-order valence-electron chi connectivity index (χ4n) is 6.13. The average Bonchev–Trinajstić information content (AvgIpc) is 3.51. The van der Waals surface area contributed by atoms with E-state index in [9.17, 15) is 4.79 Å². The monoisotopic (exact) mass is 514 g/mol.